The Morgan fingerprint density at radius 3 is 2.28 bits per heavy atom. The monoisotopic (exact) mass is 244 g/mol. The van der Waals surface area contributed by atoms with Crippen LogP contribution in [0.5, 0.6) is 0 Å². The number of nitrogens with zero attached hydrogens (tertiary/aromatic N) is 1. The number of rotatable bonds is 2. The number of aryl methyl sites for hydroxylation is 3. The maximum atomic E-state index is 3.43. The molecular weight excluding hydrogens is 220 g/mol. The topological polar surface area (TPSA) is 17.0 Å². The summed E-state index contributed by atoms with van der Waals surface area (Å²) in [7, 11) is 4.19. The zero-order valence-electron chi connectivity index (χ0n) is 12.6. The molecule has 1 heterocycles. The standard InChI is InChI=1S/C16H24N2/c1-10-8-11(2)15-13(9-10)14(12(3)18(15)7)16(4,5)17-6/h8-9,17H,1-7H3. The van der Waals surface area contributed by atoms with E-state index >= 15 is 0 Å². The summed E-state index contributed by atoms with van der Waals surface area (Å²) in [5.74, 6) is 0. The lowest BCUT2D eigenvalue weighted by Crippen LogP contribution is -2.33. The summed E-state index contributed by atoms with van der Waals surface area (Å²) in [5.41, 5.74) is 6.79. The highest BCUT2D eigenvalue weighted by atomic mass is 15.0. The fourth-order valence-corrected chi connectivity index (χ4v) is 3.04. The first-order chi connectivity index (χ1) is 8.29. The Labute approximate surface area is 110 Å². The summed E-state index contributed by atoms with van der Waals surface area (Å²) in [6.07, 6.45) is 0. The molecule has 0 unspecified atom stereocenters. The molecule has 0 aliphatic rings. The first-order valence-electron chi connectivity index (χ1n) is 6.55. The lowest BCUT2D eigenvalue weighted by atomic mass is 9.90. The average Bonchev–Trinajstić information content (AvgIpc) is 2.51. The molecule has 1 aromatic carbocycles. The molecule has 0 fully saturated rings. The Balaban J connectivity index is 2.94. The van der Waals surface area contributed by atoms with Crippen molar-refractivity contribution < 1.29 is 0 Å². The summed E-state index contributed by atoms with van der Waals surface area (Å²) in [4.78, 5) is 0. The molecule has 0 spiro atoms. The molecule has 18 heavy (non-hydrogen) atoms. The Hall–Kier alpha value is -1.28. The van der Waals surface area contributed by atoms with Crippen LogP contribution in [-0.2, 0) is 12.6 Å². The molecule has 98 valence electrons. The zero-order chi connectivity index (χ0) is 13.7. The average molecular weight is 244 g/mol. The normalized spacial score (nSPS) is 12.4. The highest BCUT2D eigenvalue weighted by Crippen LogP contribution is 2.35. The highest BCUT2D eigenvalue weighted by Gasteiger charge is 2.26. The van der Waals surface area contributed by atoms with Gasteiger partial charge in [-0.3, -0.25) is 0 Å². The van der Waals surface area contributed by atoms with Gasteiger partial charge in [0.2, 0.25) is 0 Å². The number of benzene rings is 1. The molecule has 2 rings (SSSR count). The minimum absolute atomic E-state index is 0.0101. The van der Waals surface area contributed by atoms with Crippen LogP contribution in [0.15, 0.2) is 12.1 Å². The molecule has 2 nitrogen and oxygen atoms in total. The molecule has 0 atom stereocenters. The largest absolute Gasteiger partial charge is 0.347 e. The van der Waals surface area contributed by atoms with E-state index in [0.717, 1.165) is 0 Å². The Morgan fingerprint density at radius 2 is 1.72 bits per heavy atom. The van der Waals surface area contributed by atoms with Crippen molar-refractivity contribution in [2.24, 2.45) is 7.05 Å². The van der Waals surface area contributed by atoms with E-state index in [9.17, 15) is 0 Å². The van der Waals surface area contributed by atoms with Gasteiger partial charge in [0.15, 0.2) is 0 Å². The van der Waals surface area contributed by atoms with E-state index in [1.165, 1.54) is 33.3 Å². The van der Waals surface area contributed by atoms with E-state index in [1.807, 2.05) is 7.05 Å². The van der Waals surface area contributed by atoms with Gasteiger partial charge in [0, 0.05) is 29.2 Å². The van der Waals surface area contributed by atoms with Crippen molar-refractivity contribution in [1.82, 2.24) is 9.88 Å². The van der Waals surface area contributed by atoms with Crippen molar-refractivity contribution in [2.45, 2.75) is 40.2 Å². The second-order valence-corrected chi connectivity index (χ2v) is 5.87. The van der Waals surface area contributed by atoms with Crippen molar-refractivity contribution in [3.63, 3.8) is 0 Å². The van der Waals surface area contributed by atoms with Gasteiger partial charge in [-0.1, -0.05) is 11.6 Å². The number of hydrogen-bond acceptors (Lipinski definition) is 1. The smallest absolute Gasteiger partial charge is 0.0513 e. The van der Waals surface area contributed by atoms with Gasteiger partial charge in [-0.2, -0.15) is 0 Å². The van der Waals surface area contributed by atoms with Crippen LogP contribution < -0.4 is 5.32 Å². The van der Waals surface area contributed by atoms with Crippen molar-refractivity contribution >= 4 is 10.9 Å². The van der Waals surface area contributed by atoms with Gasteiger partial charge >= 0.3 is 0 Å². The second-order valence-electron chi connectivity index (χ2n) is 5.87. The van der Waals surface area contributed by atoms with Gasteiger partial charge in [-0.05, 0) is 53.3 Å². The maximum absolute atomic E-state index is 3.43. The lowest BCUT2D eigenvalue weighted by Gasteiger charge is -2.25. The molecule has 0 saturated carbocycles. The third-order valence-corrected chi connectivity index (χ3v) is 4.16. The summed E-state index contributed by atoms with van der Waals surface area (Å²) < 4.78 is 2.32. The number of nitrogens with one attached hydrogen (secondary N) is 1. The van der Waals surface area contributed by atoms with Crippen molar-refractivity contribution in [3.05, 3.63) is 34.5 Å². The van der Waals surface area contributed by atoms with E-state index in [2.05, 4.69) is 63.7 Å². The van der Waals surface area contributed by atoms with Crippen molar-refractivity contribution in [3.8, 4) is 0 Å². The van der Waals surface area contributed by atoms with Crippen LogP contribution in [0, 0.1) is 20.8 Å². The molecule has 0 saturated heterocycles. The minimum Gasteiger partial charge on any atom is -0.347 e. The predicted octanol–water partition coefficient (Wildman–Crippen LogP) is 3.56. The van der Waals surface area contributed by atoms with E-state index in [-0.39, 0.29) is 5.54 Å². The van der Waals surface area contributed by atoms with E-state index in [1.54, 1.807) is 0 Å². The quantitative estimate of drug-likeness (QED) is 0.854. The van der Waals surface area contributed by atoms with Gasteiger partial charge in [0.1, 0.15) is 0 Å². The SMILES string of the molecule is CNC(C)(C)c1c(C)n(C)c2c(C)cc(C)cc12. The maximum Gasteiger partial charge on any atom is 0.0513 e. The summed E-state index contributed by atoms with van der Waals surface area (Å²) in [5, 5.41) is 4.81. The van der Waals surface area contributed by atoms with Gasteiger partial charge in [0.05, 0.1) is 5.52 Å². The molecule has 0 bridgehead atoms. The lowest BCUT2D eigenvalue weighted by molar-refractivity contribution is 0.444. The Kier molecular flexibility index (Phi) is 3.02. The van der Waals surface area contributed by atoms with Crippen LogP contribution >= 0.6 is 0 Å². The van der Waals surface area contributed by atoms with Crippen molar-refractivity contribution in [2.75, 3.05) is 7.05 Å². The summed E-state index contributed by atoms with van der Waals surface area (Å²) >= 11 is 0. The molecule has 0 amide bonds. The van der Waals surface area contributed by atoms with Crippen LogP contribution in [-0.4, -0.2) is 11.6 Å². The molecule has 0 aliphatic heterocycles. The van der Waals surface area contributed by atoms with E-state index < -0.39 is 0 Å². The third kappa shape index (κ3) is 1.76. The first kappa shape index (κ1) is 13.2. The summed E-state index contributed by atoms with van der Waals surface area (Å²) in [6, 6.07) is 4.57. The molecule has 2 heteroatoms. The van der Waals surface area contributed by atoms with Crippen LogP contribution in [0.1, 0.15) is 36.2 Å². The van der Waals surface area contributed by atoms with E-state index in [0.29, 0.717) is 0 Å². The molecule has 2 aromatic rings. The zero-order valence-corrected chi connectivity index (χ0v) is 12.6. The Bertz CT molecular complexity index is 603. The van der Waals surface area contributed by atoms with Gasteiger partial charge in [-0.15, -0.1) is 0 Å². The van der Waals surface area contributed by atoms with Crippen LogP contribution in [0.4, 0.5) is 0 Å². The van der Waals surface area contributed by atoms with E-state index in [4.69, 9.17) is 0 Å². The Morgan fingerprint density at radius 1 is 1.11 bits per heavy atom. The van der Waals surface area contributed by atoms with Gasteiger partial charge in [-0.25, -0.2) is 0 Å². The van der Waals surface area contributed by atoms with Crippen molar-refractivity contribution in [1.29, 1.82) is 0 Å². The fourth-order valence-electron chi connectivity index (χ4n) is 3.04. The molecule has 1 aromatic heterocycles. The fraction of sp³-hybridized carbons (Fsp3) is 0.500. The molecular formula is C16H24N2. The number of fused-ring (bicyclic) bond motifs is 1. The van der Waals surface area contributed by atoms with Crippen LogP contribution in [0.2, 0.25) is 0 Å². The van der Waals surface area contributed by atoms with Crippen LogP contribution in [0.3, 0.4) is 0 Å². The molecule has 0 aliphatic carbocycles. The second kappa shape index (κ2) is 4.13. The number of hydrogen-bond donors (Lipinski definition) is 1. The highest BCUT2D eigenvalue weighted by molar-refractivity contribution is 5.89. The minimum atomic E-state index is -0.0101. The molecule has 1 N–H and O–H groups in total. The van der Waals surface area contributed by atoms with Gasteiger partial charge in [0.25, 0.3) is 0 Å². The van der Waals surface area contributed by atoms with Crippen LogP contribution in [0.25, 0.3) is 10.9 Å². The predicted molar refractivity (Wildman–Crippen MR) is 79.2 cm³/mol. The van der Waals surface area contributed by atoms with Gasteiger partial charge < -0.3 is 9.88 Å². The summed E-state index contributed by atoms with van der Waals surface area (Å²) in [6.45, 7) is 11.1. The first-order valence-corrected chi connectivity index (χ1v) is 6.55. The third-order valence-electron chi connectivity index (χ3n) is 4.16. The number of aromatic nitrogens is 1. The molecule has 0 radical (unpaired) electrons.